The molecule has 0 aliphatic heterocycles. The molecule has 0 fully saturated rings. The van der Waals surface area contributed by atoms with Crippen molar-refractivity contribution in [3.8, 4) is 22.8 Å². The van der Waals surface area contributed by atoms with Crippen molar-refractivity contribution in [2.75, 3.05) is 0 Å². The molecule has 0 spiro atoms. The van der Waals surface area contributed by atoms with Gasteiger partial charge in [-0.05, 0) is 66.5 Å². The molecule has 4 aromatic rings. The van der Waals surface area contributed by atoms with Crippen LogP contribution in [0.1, 0.15) is 49.4 Å². The van der Waals surface area contributed by atoms with Crippen LogP contribution in [0, 0.1) is 20.8 Å². The van der Waals surface area contributed by atoms with Crippen molar-refractivity contribution in [3.63, 3.8) is 0 Å². The van der Waals surface area contributed by atoms with E-state index in [9.17, 15) is 4.79 Å². The zero-order chi connectivity index (χ0) is 26.2. The van der Waals surface area contributed by atoms with Crippen LogP contribution < -0.4 is 10.3 Å². The molecule has 7 nitrogen and oxygen atoms in total. The zero-order valence-electron chi connectivity index (χ0n) is 21.1. The Morgan fingerprint density at radius 1 is 1.06 bits per heavy atom. The predicted molar refractivity (Wildman–Crippen MR) is 145 cm³/mol. The highest BCUT2D eigenvalue weighted by molar-refractivity contribution is 9.10. The topological polar surface area (TPSA) is 82.8 Å². The molecule has 4 rings (SSSR count). The maximum atomic E-state index is 13.4. The summed E-state index contributed by atoms with van der Waals surface area (Å²) < 4.78 is 7.50. The van der Waals surface area contributed by atoms with Gasteiger partial charge in [0.2, 0.25) is 5.88 Å². The Labute approximate surface area is 223 Å². The van der Waals surface area contributed by atoms with Crippen LogP contribution in [-0.2, 0) is 12.0 Å². The van der Waals surface area contributed by atoms with Gasteiger partial charge in [0.15, 0.2) is 0 Å². The van der Waals surface area contributed by atoms with E-state index in [0.717, 1.165) is 34.0 Å². The maximum absolute atomic E-state index is 13.4. The fraction of sp³-hybridized carbons (Fsp3) is 0.296. The average molecular weight is 569 g/mol. The standard InChI is InChI=1S/C27H27BrClN5O2/c1-15-13-30-26(27(4,5)6)33-23(15)18-10-11-20(29)21(12-18)34-17(3)32-24(22(28)25(34)35)36-14-19-9-7-8-16(2)31-19/h7-13H,14H2,1-6H3. The molecule has 3 heterocycles. The minimum atomic E-state index is -0.330. The van der Waals surface area contributed by atoms with E-state index in [2.05, 4.69) is 51.7 Å². The number of pyridine rings is 1. The lowest BCUT2D eigenvalue weighted by atomic mass is 9.95. The first-order valence-electron chi connectivity index (χ1n) is 11.4. The summed E-state index contributed by atoms with van der Waals surface area (Å²) in [5.74, 6) is 1.37. The molecule has 3 aromatic heterocycles. The van der Waals surface area contributed by atoms with E-state index in [0.29, 0.717) is 16.5 Å². The number of aromatic nitrogens is 5. The summed E-state index contributed by atoms with van der Waals surface area (Å²) in [6, 6.07) is 11.2. The van der Waals surface area contributed by atoms with Crippen molar-refractivity contribution in [1.82, 2.24) is 24.5 Å². The normalized spacial score (nSPS) is 11.6. The number of rotatable bonds is 5. The number of hydrogen-bond acceptors (Lipinski definition) is 6. The summed E-state index contributed by atoms with van der Waals surface area (Å²) in [7, 11) is 0. The molecule has 0 aliphatic carbocycles. The minimum absolute atomic E-state index is 0.190. The first-order valence-corrected chi connectivity index (χ1v) is 12.6. The van der Waals surface area contributed by atoms with Crippen molar-refractivity contribution in [2.45, 2.75) is 53.6 Å². The third-order valence-electron chi connectivity index (χ3n) is 5.57. The van der Waals surface area contributed by atoms with Gasteiger partial charge in [-0.2, -0.15) is 4.98 Å². The van der Waals surface area contributed by atoms with Crippen molar-refractivity contribution >= 4 is 27.5 Å². The SMILES string of the molecule is Cc1cccc(COc2nc(C)n(-c3cc(-c4nc(C(C)(C)C)ncc4C)ccc3Cl)c(=O)c2Br)n1. The molecule has 0 N–H and O–H groups in total. The average Bonchev–Trinajstić information content (AvgIpc) is 2.81. The molecular weight excluding hydrogens is 542 g/mol. The van der Waals surface area contributed by atoms with Crippen molar-refractivity contribution in [3.05, 3.63) is 91.0 Å². The molecule has 0 saturated heterocycles. The van der Waals surface area contributed by atoms with E-state index < -0.39 is 0 Å². The van der Waals surface area contributed by atoms with Crippen molar-refractivity contribution in [1.29, 1.82) is 0 Å². The van der Waals surface area contributed by atoms with E-state index in [1.54, 1.807) is 13.0 Å². The quantitative estimate of drug-likeness (QED) is 0.281. The molecule has 0 aliphatic rings. The second-order valence-electron chi connectivity index (χ2n) is 9.62. The van der Waals surface area contributed by atoms with E-state index in [1.807, 2.05) is 50.4 Å². The number of aryl methyl sites for hydroxylation is 3. The van der Waals surface area contributed by atoms with E-state index >= 15 is 0 Å². The second kappa shape index (κ2) is 10.1. The van der Waals surface area contributed by atoms with Crippen LogP contribution in [0.2, 0.25) is 5.02 Å². The maximum Gasteiger partial charge on any atom is 0.276 e. The molecule has 0 saturated carbocycles. The van der Waals surface area contributed by atoms with Gasteiger partial charge in [-0.1, -0.05) is 44.5 Å². The Hall–Kier alpha value is -3.10. The van der Waals surface area contributed by atoms with Gasteiger partial charge in [0.25, 0.3) is 5.56 Å². The lowest BCUT2D eigenvalue weighted by Crippen LogP contribution is -2.24. The van der Waals surface area contributed by atoms with Crippen LogP contribution in [0.15, 0.2) is 51.9 Å². The van der Waals surface area contributed by atoms with Crippen LogP contribution in [-0.4, -0.2) is 24.5 Å². The molecule has 0 radical (unpaired) electrons. The van der Waals surface area contributed by atoms with Crippen LogP contribution in [0.25, 0.3) is 16.9 Å². The third kappa shape index (κ3) is 5.34. The summed E-state index contributed by atoms with van der Waals surface area (Å²) in [5, 5.41) is 0.415. The summed E-state index contributed by atoms with van der Waals surface area (Å²) in [6.45, 7) is 12.0. The van der Waals surface area contributed by atoms with Gasteiger partial charge >= 0.3 is 0 Å². The molecule has 0 bridgehead atoms. The lowest BCUT2D eigenvalue weighted by molar-refractivity contribution is 0.284. The van der Waals surface area contributed by atoms with Crippen molar-refractivity contribution < 1.29 is 4.74 Å². The summed E-state index contributed by atoms with van der Waals surface area (Å²) >= 11 is 9.96. The largest absolute Gasteiger partial charge is 0.470 e. The smallest absolute Gasteiger partial charge is 0.276 e. The Kier molecular flexibility index (Phi) is 7.29. The first-order chi connectivity index (χ1) is 17.0. The predicted octanol–water partition coefficient (Wildman–Crippen LogP) is 6.30. The number of halogens is 2. The Morgan fingerprint density at radius 3 is 2.50 bits per heavy atom. The van der Waals surface area contributed by atoms with Gasteiger partial charge in [-0.15, -0.1) is 0 Å². The van der Waals surface area contributed by atoms with Gasteiger partial charge < -0.3 is 4.74 Å². The molecule has 186 valence electrons. The molecule has 1 aromatic carbocycles. The lowest BCUT2D eigenvalue weighted by Gasteiger charge is -2.19. The fourth-order valence-electron chi connectivity index (χ4n) is 3.71. The van der Waals surface area contributed by atoms with Crippen LogP contribution in [0.3, 0.4) is 0 Å². The highest BCUT2D eigenvalue weighted by atomic mass is 79.9. The number of ether oxygens (including phenoxy) is 1. The van der Waals surface area contributed by atoms with Crippen molar-refractivity contribution in [2.24, 2.45) is 0 Å². The minimum Gasteiger partial charge on any atom is -0.470 e. The summed E-state index contributed by atoms with van der Waals surface area (Å²) in [5.41, 5.74) is 4.14. The Morgan fingerprint density at radius 2 is 1.81 bits per heavy atom. The highest BCUT2D eigenvalue weighted by Crippen LogP contribution is 2.31. The van der Waals surface area contributed by atoms with Crippen LogP contribution >= 0.6 is 27.5 Å². The molecule has 0 unspecified atom stereocenters. The second-order valence-corrected chi connectivity index (χ2v) is 10.8. The Balaban J connectivity index is 1.75. The highest BCUT2D eigenvalue weighted by Gasteiger charge is 2.21. The molecule has 36 heavy (non-hydrogen) atoms. The van der Waals surface area contributed by atoms with E-state index in [-0.39, 0.29) is 27.9 Å². The monoisotopic (exact) mass is 567 g/mol. The number of hydrogen-bond donors (Lipinski definition) is 0. The third-order valence-corrected chi connectivity index (χ3v) is 6.57. The summed E-state index contributed by atoms with van der Waals surface area (Å²) in [4.78, 5) is 31.7. The zero-order valence-corrected chi connectivity index (χ0v) is 23.4. The molecule has 0 amide bonds. The van der Waals surface area contributed by atoms with Crippen LogP contribution in [0.4, 0.5) is 0 Å². The Bertz CT molecular complexity index is 1510. The summed E-state index contributed by atoms with van der Waals surface area (Å²) in [6.07, 6.45) is 1.82. The fourth-order valence-corrected chi connectivity index (χ4v) is 4.29. The first kappa shape index (κ1) is 26.0. The number of nitrogens with zero attached hydrogens (tertiary/aromatic N) is 5. The molecule has 0 atom stereocenters. The van der Waals surface area contributed by atoms with Gasteiger partial charge in [0, 0.05) is 22.9 Å². The number of benzene rings is 1. The molecule has 9 heteroatoms. The van der Waals surface area contributed by atoms with Gasteiger partial charge in [-0.3, -0.25) is 14.3 Å². The van der Waals surface area contributed by atoms with Gasteiger partial charge in [0.1, 0.15) is 22.7 Å². The van der Waals surface area contributed by atoms with E-state index in [1.165, 1.54) is 4.57 Å². The van der Waals surface area contributed by atoms with Crippen LogP contribution in [0.5, 0.6) is 5.88 Å². The van der Waals surface area contributed by atoms with E-state index in [4.69, 9.17) is 21.3 Å². The molecular formula is C27H27BrClN5O2. The van der Waals surface area contributed by atoms with Gasteiger partial charge in [0.05, 0.1) is 22.1 Å². The van der Waals surface area contributed by atoms with Gasteiger partial charge in [-0.25, -0.2) is 9.97 Å².